The Morgan fingerprint density at radius 2 is 0.654 bits per heavy atom. The molecule has 0 radical (unpaired) electrons. The molecule has 3 unspecified atom stereocenters. The molecule has 10 rings (SSSR count). The highest BCUT2D eigenvalue weighted by Crippen LogP contribution is 2.36. The summed E-state index contributed by atoms with van der Waals surface area (Å²) < 4.78 is 60.8. The van der Waals surface area contributed by atoms with E-state index in [0.29, 0.717) is 108 Å². The minimum absolute atomic E-state index is 0.00809. The zero-order valence-electron chi connectivity index (χ0n) is 45.3. The van der Waals surface area contributed by atoms with Gasteiger partial charge < -0.3 is 28.9 Å². The van der Waals surface area contributed by atoms with Crippen molar-refractivity contribution in [3.63, 3.8) is 0 Å². The Kier molecular flexibility index (Phi) is 16.7. The summed E-state index contributed by atoms with van der Waals surface area (Å²) in [6, 6.07) is 32.3. The molecule has 3 N–H and O–H groups in total. The van der Waals surface area contributed by atoms with Crippen molar-refractivity contribution >= 4 is 38.4 Å². The number of benzene rings is 3. The maximum absolute atomic E-state index is 13.4. The maximum Gasteiger partial charge on any atom is 0.244 e. The van der Waals surface area contributed by atoms with Crippen LogP contribution in [0.25, 0.3) is 50.8 Å². The molecule has 0 bridgehead atoms. The van der Waals surface area contributed by atoms with Crippen LogP contribution in [0.1, 0.15) is 17.1 Å². The zero-order chi connectivity index (χ0) is 57.1. The second-order valence-electron chi connectivity index (χ2n) is 19.8. The Bertz CT molecular complexity index is 3420. The third-order valence-electron chi connectivity index (χ3n) is 13.6. The highest BCUT2D eigenvalue weighted by atomic mass is 31.2. The van der Waals surface area contributed by atoms with Crippen molar-refractivity contribution in [2.75, 3.05) is 80.6 Å². The number of rotatable bonds is 18. The third-order valence-corrected chi connectivity index (χ3v) is 16.8. The first-order valence-corrected chi connectivity index (χ1v) is 31.9. The monoisotopic (exact) mass is 1160 g/mol. The SMILES string of the molecule is COc1ccc(-c2cn(-c3cc(CN4CCN(Cc5cc(-n6cc(-c7ccc(OC)cc7)nn6)cc(P(C)(=O)O)n5)CCN(Cc5cc(-n6cc(-c7ccc(OC)cc7)nn6)cc(P(C)(=O)O)n5)CC4)nc(P(C)(=O)O)c3)nn2)cc1. The molecule has 27 heteroatoms. The molecule has 420 valence electrons. The smallest absolute Gasteiger partial charge is 0.244 e. The van der Waals surface area contributed by atoms with Crippen LogP contribution in [0, 0.1) is 0 Å². The summed E-state index contributed by atoms with van der Waals surface area (Å²) in [6.07, 6.45) is 5.24. The Balaban J connectivity index is 0.973. The summed E-state index contributed by atoms with van der Waals surface area (Å²) in [6.45, 7) is 7.53. The predicted molar refractivity (Wildman–Crippen MR) is 305 cm³/mol. The molecule has 9 aromatic rings. The minimum Gasteiger partial charge on any atom is -0.497 e. The van der Waals surface area contributed by atoms with Gasteiger partial charge in [0, 0.05) is 95.6 Å². The molecule has 81 heavy (non-hydrogen) atoms. The second kappa shape index (κ2) is 23.8. The van der Waals surface area contributed by atoms with Crippen molar-refractivity contribution in [2.45, 2.75) is 19.6 Å². The molecule has 0 saturated carbocycles. The summed E-state index contributed by atoms with van der Waals surface area (Å²) in [4.78, 5) is 53.7. The van der Waals surface area contributed by atoms with Gasteiger partial charge in [0.25, 0.3) is 0 Å². The van der Waals surface area contributed by atoms with Crippen LogP contribution in [0.3, 0.4) is 0 Å². The van der Waals surface area contributed by atoms with Gasteiger partial charge in [-0.15, -0.1) is 15.3 Å². The molecule has 7 heterocycles. The van der Waals surface area contributed by atoms with Gasteiger partial charge >= 0.3 is 0 Å². The van der Waals surface area contributed by atoms with E-state index in [2.05, 4.69) is 45.6 Å². The summed E-state index contributed by atoms with van der Waals surface area (Å²) in [5.74, 6) is 2.08. The van der Waals surface area contributed by atoms with Gasteiger partial charge in [0.05, 0.1) is 74.1 Å². The van der Waals surface area contributed by atoms with Crippen LogP contribution in [0.2, 0.25) is 0 Å². The lowest BCUT2D eigenvalue weighted by atomic mass is 10.1. The fourth-order valence-electron chi connectivity index (χ4n) is 9.14. The lowest BCUT2D eigenvalue weighted by Gasteiger charge is -2.26. The molecule has 0 amide bonds. The van der Waals surface area contributed by atoms with Crippen LogP contribution in [0.15, 0.2) is 128 Å². The van der Waals surface area contributed by atoms with Crippen LogP contribution >= 0.6 is 22.1 Å². The van der Waals surface area contributed by atoms with Gasteiger partial charge in [-0.2, -0.15) is 0 Å². The fourth-order valence-corrected chi connectivity index (χ4v) is 11.2. The van der Waals surface area contributed by atoms with E-state index in [-0.39, 0.29) is 35.9 Å². The minimum atomic E-state index is -3.89. The Hall–Kier alpha value is -7.62. The molecular weight excluding hydrogens is 1100 g/mol. The molecule has 1 aliphatic heterocycles. The van der Waals surface area contributed by atoms with Crippen molar-refractivity contribution in [1.82, 2.24) is 74.6 Å². The number of nitrogens with zero attached hydrogens (tertiary/aromatic N) is 15. The van der Waals surface area contributed by atoms with Gasteiger partial charge in [-0.25, -0.2) is 29.0 Å². The van der Waals surface area contributed by atoms with Crippen molar-refractivity contribution in [1.29, 1.82) is 0 Å². The molecule has 24 nitrogen and oxygen atoms in total. The van der Waals surface area contributed by atoms with Gasteiger partial charge in [0.15, 0.2) is 0 Å². The lowest BCUT2D eigenvalue weighted by Crippen LogP contribution is -2.36. The second-order valence-corrected chi connectivity index (χ2v) is 26.5. The largest absolute Gasteiger partial charge is 0.497 e. The number of ether oxygens (including phenoxy) is 3. The quantitative estimate of drug-likeness (QED) is 0.0949. The third kappa shape index (κ3) is 13.9. The van der Waals surface area contributed by atoms with Crippen LogP contribution in [0.4, 0.5) is 0 Å². The summed E-state index contributed by atoms with van der Waals surface area (Å²) >= 11 is 0. The van der Waals surface area contributed by atoms with Gasteiger partial charge in [0.2, 0.25) is 22.1 Å². The lowest BCUT2D eigenvalue weighted by molar-refractivity contribution is 0.207. The van der Waals surface area contributed by atoms with Gasteiger partial charge in [-0.3, -0.25) is 28.4 Å². The summed E-state index contributed by atoms with van der Waals surface area (Å²) in [5, 5.41) is 26.4. The van der Waals surface area contributed by atoms with E-state index in [4.69, 9.17) is 29.2 Å². The number of hydrogen-bond donors (Lipinski definition) is 3. The van der Waals surface area contributed by atoms with Crippen LogP contribution in [-0.4, -0.2) is 170 Å². The van der Waals surface area contributed by atoms with E-state index in [1.165, 1.54) is 20.0 Å². The first kappa shape index (κ1) is 56.6. The zero-order valence-corrected chi connectivity index (χ0v) is 48.0. The molecule has 1 saturated heterocycles. The standard InChI is InChI=1S/C54H60N15O9P3/c1-76-46-13-7-37(8-14-46)49-34-67(61-58-49)43-25-40(55-52(28-43)79(4,70)71)31-64-19-21-65(32-41-26-44(29-53(56-41)80(5,72)73)68-35-50(59-62-68)38-9-15-47(77-2)16-10-38)23-24-66(22-20-64)33-42-27-45(30-54(57-42)81(6,74)75)69-36-51(60-63-69)39-11-17-48(78-3)18-12-39/h7-18,25-30,34-36H,19-24,31-33H2,1-6H3,(H,70,71)(H,72,73)(H,74,75). The van der Waals surface area contributed by atoms with E-state index in [0.717, 1.165) is 16.7 Å². The van der Waals surface area contributed by atoms with Crippen LogP contribution < -0.4 is 30.5 Å². The molecule has 0 aliphatic carbocycles. The Morgan fingerprint density at radius 1 is 0.407 bits per heavy atom. The highest BCUT2D eigenvalue weighted by molar-refractivity contribution is 7.65. The van der Waals surface area contributed by atoms with E-state index in [1.54, 1.807) is 72.2 Å². The van der Waals surface area contributed by atoms with Gasteiger partial charge in [-0.05, 0) is 109 Å². The average molecular weight is 1160 g/mol. The maximum atomic E-state index is 13.4. The number of pyridine rings is 3. The first-order valence-electron chi connectivity index (χ1n) is 25.6. The summed E-state index contributed by atoms with van der Waals surface area (Å²) in [5.41, 5.74) is 7.22. The number of methoxy groups -OCH3 is 3. The van der Waals surface area contributed by atoms with E-state index < -0.39 is 22.1 Å². The molecule has 6 aromatic heterocycles. The molecule has 0 spiro atoms. The van der Waals surface area contributed by atoms with E-state index in [9.17, 15) is 28.4 Å². The highest BCUT2D eigenvalue weighted by Gasteiger charge is 2.26. The van der Waals surface area contributed by atoms with Gasteiger partial charge in [0.1, 0.15) is 50.6 Å². The first-order chi connectivity index (χ1) is 38.8. The predicted octanol–water partition coefficient (Wildman–Crippen LogP) is 5.04. The fraction of sp³-hybridized carbons (Fsp3) is 0.278. The molecule has 1 fully saturated rings. The number of aromatic nitrogens is 12. The van der Waals surface area contributed by atoms with E-state index in [1.807, 2.05) is 91.0 Å². The van der Waals surface area contributed by atoms with Crippen molar-refractivity contribution in [2.24, 2.45) is 0 Å². The van der Waals surface area contributed by atoms with Gasteiger partial charge in [-0.1, -0.05) is 15.6 Å². The van der Waals surface area contributed by atoms with E-state index >= 15 is 0 Å². The topological polar surface area (TPSA) is 280 Å². The molecule has 3 aromatic carbocycles. The molecule has 1 aliphatic rings. The molecule has 3 atom stereocenters. The normalized spacial score (nSPS) is 16.1. The average Bonchev–Trinajstić information content (AvgIpc) is 4.29. The Morgan fingerprint density at radius 3 is 0.877 bits per heavy atom. The summed E-state index contributed by atoms with van der Waals surface area (Å²) in [7, 11) is -6.88. The van der Waals surface area contributed by atoms with Crippen molar-refractivity contribution < 1.29 is 42.6 Å². The molecular formula is C54H60N15O9P3. The van der Waals surface area contributed by atoms with Crippen LogP contribution in [0.5, 0.6) is 17.2 Å². The van der Waals surface area contributed by atoms with Crippen LogP contribution in [-0.2, 0) is 33.3 Å². The van der Waals surface area contributed by atoms with Crippen molar-refractivity contribution in [3.8, 4) is 68.1 Å². The van der Waals surface area contributed by atoms with Crippen molar-refractivity contribution in [3.05, 3.63) is 145 Å². The Labute approximate surface area is 467 Å². The number of hydrogen-bond acceptors (Lipinski definition) is 18.